The first-order valence-corrected chi connectivity index (χ1v) is 6.25. The fraction of sp³-hybridized carbons (Fsp3) is 0.231. The van der Waals surface area contributed by atoms with E-state index in [9.17, 15) is 4.79 Å². The van der Waals surface area contributed by atoms with Gasteiger partial charge in [-0.05, 0) is 31.9 Å². The third kappa shape index (κ3) is 2.53. The second-order valence-corrected chi connectivity index (χ2v) is 4.87. The van der Waals surface area contributed by atoms with Crippen molar-refractivity contribution in [3.8, 4) is 0 Å². The lowest BCUT2D eigenvalue weighted by molar-refractivity contribution is 0.102. The lowest BCUT2D eigenvalue weighted by Crippen LogP contribution is -2.14. The number of carbonyl (C=O) groups excluding carboxylic acids is 1. The van der Waals surface area contributed by atoms with Crippen LogP contribution in [-0.2, 0) is 0 Å². The van der Waals surface area contributed by atoms with Crippen LogP contribution in [-0.4, -0.2) is 10.9 Å². The highest BCUT2D eigenvalue weighted by Gasteiger charge is 2.13. The Balaban J connectivity index is 2.26. The fourth-order valence-corrected chi connectivity index (χ4v) is 2.43. The molecule has 0 spiro atoms. The first kappa shape index (κ1) is 11.8. The predicted molar refractivity (Wildman–Crippen MR) is 70.7 cm³/mol. The Morgan fingerprint density at radius 1 is 1.24 bits per heavy atom. The van der Waals surface area contributed by atoms with Gasteiger partial charge in [0.15, 0.2) is 5.13 Å². The van der Waals surface area contributed by atoms with Gasteiger partial charge in [-0.3, -0.25) is 10.1 Å². The summed E-state index contributed by atoms with van der Waals surface area (Å²) in [6.07, 6.45) is 0. The largest absolute Gasteiger partial charge is 0.298 e. The monoisotopic (exact) mass is 246 g/mol. The maximum atomic E-state index is 12.1. The highest BCUT2D eigenvalue weighted by molar-refractivity contribution is 7.13. The predicted octanol–water partition coefficient (Wildman–Crippen LogP) is 3.32. The molecule has 1 heterocycles. The zero-order valence-electron chi connectivity index (χ0n) is 10.1. The van der Waals surface area contributed by atoms with Crippen LogP contribution in [0.1, 0.15) is 27.2 Å². The zero-order valence-corrected chi connectivity index (χ0v) is 10.9. The average Bonchev–Trinajstić information content (AvgIpc) is 2.63. The van der Waals surface area contributed by atoms with Crippen molar-refractivity contribution in [2.45, 2.75) is 20.8 Å². The van der Waals surface area contributed by atoms with Crippen molar-refractivity contribution in [1.29, 1.82) is 0 Å². The second-order valence-electron chi connectivity index (χ2n) is 4.01. The maximum Gasteiger partial charge on any atom is 0.257 e. The molecular formula is C13H14N2OS. The summed E-state index contributed by atoms with van der Waals surface area (Å²) < 4.78 is 0. The SMILES string of the molecule is Cc1csc(NC(=O)c2c(C)cccc2C)n1. The van der Waals surface area contributed by atoms with Crippen molar-refractivity contribution >= 4 is 22.4 Å². The van der Waals surface area contributed by atoms with Crippen molar-refractivity contribution in [3.63, 3.8) is 0 Å². The number of amides is 1. The van der Waals surface area contributed by atoms with Gasteiger partial charge in [-0.25, -0.2) is 4.98 Å². The summed E-state index contributed by atoms with van der Waals surface area (Å²) in [5.74, 6) is -0.0880. The number of thiazole rings is 1. The number of nitrogens with zero attached hydrogens (tertiary/aromatic N) is 1. The Bertz CT molecular complexity index is 540. The van der Waals surface area contributed by atoms with Crippen molar-refractivity contribution in [3.05, 3.63) is 46.0 Å². The molecule has 2 rings (SSSR count). The van der Waals surface area contributed by atoms with Gasteiger partial charge in [-0.1, -0.05) is 18.2 Å². The van der Waals surface area contributed by atoms with Crippen LogP contribution in [0.15, 0.2) is 23.6 Å². The molecule has 88 valence electrons. The summed E-state index contributed by atoms with van der Waals surface area (Å²) in [7, 11) is 0. The van der Waals surface area contributed by atoms with Crippen LogP contribution in [0.4, 0.5) is 5.13 Å². The standard InChI is InChI=1S/C13H14N2OS/c1-8-5-4-6-9(2)11(8)12(16)15-13-14-10(3)7-17-13/h4-7H,1-3H3,(H,14,15,16). The number of nitrogens with one attached hydrogen (secondary N) is 1. The van der Waals surface area contributed by atoms with Gasteiger partial charge in [0.05, 0.1) is 5.69 Å². The summed E-state index contributed by atoms with van der Waals surface area (Å²) >= 11 is 1.44. The molecule has 0 fully saturated rings. The Kier molecular flexibility index (Phi) is 3.24. The van der Waals surface area contributed by atoms with Crippen LogP contribution in [0, 0.1) is 20.8 Å². The first-order valence-electron chi connectivity index (χ1n) is 5.37. The molecule has 0 unspecified atom stereocenters. The fourth-order valence-electron chi connectivity index (χ4n) is 1.74. The van der Waals surface area contributed by atoms with Gasteiger partial charge in [0.2, 0.25) is 0 Å². The third-order valence-corrected chi connectivity index (χ3v) is 3.42. The Hall–Kier alpha value is -1.68. The molecule has 1 aromatic heterocycles. The van der Waals surface area contributed by atoms with Gasteiger partial charge in [0.25, 0.3) is 5.91 Å². The normalized spacial score (nSPS) is 10.3. The van der Waals surface area contributed by atoms with Crippen molar-refractivity contribution < 1.29 is 4.79 Å². The molecule has 3 nitrogen and oxygen atoms in total. The smallest absolute Gasteiger partial charge is 0.257 e. The van der Waals surface area contributed by atoms with Gasteiger partial charge in [0, 0.05) is 10.9 Å². The Labute approximate surface area is 105 Å². The second kappa shape index (κ2) is 4.67. The van der Waals surface area contributed by atoms with E-state index in [0.717, 1.165) is 22.4 Å². The molecular weight excluding hydrogens is 232 g/mol. The number of hydrogen-bond acceptors (Lipinski definition) is 3. The van der Waals surface area contributed by atoms with E-state index in [1.165, 1.54) is 11.3 Å². The molecule has 0 saturated carbocycles. The topological polar surface area (TPSA) is 42.0 Å². The summed E-state index contributed by atoms with van der Waals surface area (Å²) in [4.78, 5) is 16.3. The van der Waals surface area contributed by atoms with Crippen LogP contribution in [0.2, 0.25) is 0 Å². The molecule has 4 heteroatoms. The van der Waals surface area contributed by atoms with Gasteiger partial charge in [0.1, 0.15) is 0 Å². The number of aromatic nitrogens is 1. The van der Waals surface area contributed by atoms with Crippen molar-refractivity contribution in [2.75, 3.05) is 5.32 Å². The maximum absolute atomic E-state index is 12.1. The zero-order chi connectivity index (χ0) is 12.4. The number of carbonyl (C=O) groups is 1. The van der Waals surface area contributed by atoms with Gasteiger partial charge in [-0.2, -0.15) is 0 Å². The molecule has 0 aliphatic heterocycles. The molecule has 17 heavy (non-hydrogen) atoms. The molecule has 1 N–H and O–H groups in total. The quantitative estimate of drug-likeness (QED) is 0.883. The molecule has 2 aromatic rings. The highest BCUT2D eigenvalue weighted by Crippen LogP contribution is 2.18. The van der Waals surface area contributed by atoms with Crippen LogP contribution in [0.25, 0.3) is 0 Å². The van der Waals surface area contributed by atoms with Crippen molar-refractivity contribution in [2.24, 2.45) is 0 Å². The summed E-state index contributed by atoms with van der Waals surface area (Å²) in [6.45, 7) is 5.79. The number of benzene rings is 1. The number of rotatable bonds is 2. The van der Waals surface area contributed by atoms with Crippen LogP contribution in [0.3, 0.4) is 0 Å². The van der Waals surface area contributed by atoms with E-state index in [0.29, 0.717) is 5.13 Å². The van der Waals surface area contributed by atoms with E-state index in [4.69, 9.17) is 0 Å². The molecule has 0 atom stereocenters. The summed E-state index contributed by atoms with van der Waals surface area (Å²) in [5, 5.41) is 5.39. The average molecular weight is 246 g/mol. The van der Waals surface area contributed by atoms with E-state index in [1.807, 2.05) is 44.4 Å². The number of hydrogen-bond donors (Lipinski definition) is 1. The van der Waals surface area contributed by atoms with Gasteiger partial charge < -0.3 is 0 Å². The van der Waals surface area contributed by atoms with E-state index >= 15 is 0 Å². The minimum Gasteiger partial charge on any atom is -0.298 e. The molecule has 0 aliphatic carbocycles. The van der Waals surface area contributed by atoms with Crippen LogP contribution in [0.5, 0.6) is 0 Å². The van der Waals surface area contributed by atoms with Gasteiger partial charge in [-0.15, -0.1) is 11.3 Å². The number of aryl methyl sites for hydroxylation is 3. The molecule has 1 amide bonds. The molecule has 0 aliphatic rings. The van der Waals surface area contributed by atoms with E-state index in [-0.39, 0.29) is 5.91 Å². The first-order chi connectivity index (χ1) is 8.08. The minimum absolute atomic E-state index is 0.0880. The van der Waals surface area contributed by atoms with Crippen LogP contribution >= 0.6 is 11.3 Å². The molecule has 0 saturated heterocycles. The molecule has 0 radical (unpaired) electrons. The van der Waals surface area contributed by atoms with Gasteiger partial charge >= 0.3 is 0 Å². The summed E-state index contributed by atoms with van der Waals surface area (Å²) in [6, 6.07) is 5.83. The lowest BCUT2D eigenvalue weighted by Gasteiger charge is -2.08. The van der Waals surface area contributed by atoms with E-state index < -0.39 is 0 Å². The molecule has 1 aromatic carbocycles. The molecule has 0 bridgehead atoms. The summed E-state index contributed by atoms with van der Waals surface area (Å²) in [5.41, 5.74) is 3.62. The Morgan fingerprint density at radius 2 is 1.88 bits per heavy atom. The minimum atomic E-state index is -0.0880. The number of anilines is 1. The lowest BCUT2D eigenvalue weighted by atomic mass is 10.0. The Morgan fingerprint density at radius 3 is 2.41 bits per heavy atom. The third-order valence-electron chi connectivity index (χ3n) is 2.55. The van der Waals surface area contributed by atoms with E-state index in [2.05, 4.69) is 10.3 Å². The van der Waals surface area contributed by atoms with E-state index in [1.54, 1.807) is 0 Å². The highest BCUT2D eigenvalue weighted by atomic mass is 32.1. The van der Waals surface area contributed by atoms with Crippen molar-refractivity contribution in [1.82, 2.24) is 4.98 Å². The van der Waals surface area contributed by atoms with Crippen LogP contribution < -0.4 is 5.32 Å².